The number of carbonyl (C=O) groups excluding carboxylic acids is 1. The molecule has 0 unspecified atom stereocenters. The zero-order valence-electron chi connectivity index (χ0n) is 20.8. The average molecular weight is 532 g/mol. The monoisotopic (exact) mass is 531 g/mol. The average Bonchev–Trinajstić information content (AvgIpc) is 3.64. The molecule has 4 heterocycles. The molecule has 0 saturated carbocycles. The van der Waals surface area contributed by atoms with Crippen molar-refractivity contribution in [3.63, 3.8) is 0 Å². The molecule has 6 rings (SSSR count). The van der Waals surface area contributed by atoms with E-state index in [0.717, 1.165) is 23.8 Å². The molecule has 0 radical (unpaired) electrons. The van der Waals surface area contributed by atoms with Crippen LogP contribution in [0.2, 0.25) is 0 Å². The van der Waals surface area contributed by atoms with Gasteiger partial charge in [-0.2, -0.15) is 4.31 Å². The van der Waals surface area contributed by atoms with Crippen molar-refractivity contribution in [2.45, 2.75) is 17.7 Å². The third kappa shape index (κ3) is 3.75. The fourth-order valence-electron chi connectivity index (χ4n) is 5.16. The molecular formula is C28H25N3O6S. The topological polar surface area (TPSA) is 111 Å². The number of aryl methyl sites for hydroxylation is 1. The Morgan fingerprint density at radius 3 is 2.66 bits per heavy atom. The van der Waals surface area contributed by atoms with Crippen LogP contribution in [0.25, 0.3) is 28.2 Å². The summed E-state index contributed by atoms with van der Waals surface area (Å²) in [6.45, 7) is 0.967. The highest BCUT2D eigenvalue weighted by Crippen LogP contribution is 2.40. The summed E-state index contributed by atoms with van der Waals surface area (Å²) < 4.78 is 41.5. The number of benzene rings is 2. The molecule has 10 heteroatoms. The minimum absolute atomic E-state index is 0.0795. The quantitative estimate of drug-likeness (QED) is 0.381. The fourth-order valence-corrected chi connectivity index (χ4v) is 6.86. The van der Waals surface area contributed by atoms with Crippen molar-refractivity contribution in [1.29, 1.82) is 0 Å². The van der Waals surface area contributed by atoms with E-state index in [1.807, 2.05) is 29.9 Å². The number of ketones is 1. The number of phenols is 1. The predicted molar refractivity (Wildman–Crippen MR) is 142 cm³/mol. The van der Waals surface area contributed by atoms with Gasteiger partial charge in [0.15, 0.2) is 5.76 Å². The number of hydrogen-bond donors (Lipinski definition) is 1. The molecule has 2 aromatic carbocycles. The highest BCUT2D eigenvalue weighted by molar-refractivity contribution is 7.89. The smallest absolute Gasteiger partial charge is 0.246 e. The number of hydrogen-bond acceptors (Lipinski definition) is 7. The van der Waals surface area contributed by atoms with Crippen LogP contribution in [-0.2, 0) is 17.1 Å². The van der Waals surface area contributed by atoms with Crippen molar-refractivity contribution < 1.29 is 27.8 Å². The van der Waals surface area contributed by atoms with E-state index in [4.69, 9.17) is 9.47 Å². The van der Waals surface area contributed by atoms with Crippen LogP contribution in [0.15, 0.2) is 65.5 Å². The normalized spacial score (nSPS) is 16.8. The van der Waals surface area contributed by atoms with Gasteiger partial charge in [0.2, 0.25) is 15.8 Å². The molecule has 0 amide bonds. The molecule has 38 heavy (non-hydrogen) atoms. The number of rotatable bonds is 5. The highest BCUT2D eigenvalue weighted by Gasteiger charge is 2.32. The highest BCUT2D eigenvalue weighted by atomic mass is 32.2. The summed E-state index contributed by atoms with van der Waals surface area (Å²) in [5.74, 6) is 0.108. The number of methoxy groups -OCH3 is 1. The molecule has 194 valence electrons. The Hall–Kier alpha value is -4.15. The van der Waals surface area contributed by atoms with Gasteiger partial charge < -0.3 is 19.1 Å². The number of allylic oxidation sites excluding steroid dienone is 1. The fraction of sp³-hybridized carbons (Fsp3) is 0.214. The van der Waals surface area contributed by atoms with Gasteiger partial charge in [-0.15, -0.1) is 0 Å². The number of Topliss-reactive ketones (excluding diaryl/α,β-unsaturated/α-hetero) is 1. The molecule has 2 aliphatic heterocycles. The summed E-state index contributed by atoms with van der Waals surface area (Å²) >= 11 is 0. The Morgan fingerprint density at radius 1 is 1.13 bits per heavy atom. The first-order valence-corrected chi connectivity index (χ1v) is 13.6. The lowest BCUT2D eigenvalue weighted by Crippen LogP contribution is -2.28. The molecule has 2 aliphatic rings. The molecular weight excluding hydrogens is 506 g/mol. The molecule has 4 aromatic rings. The summed E-state index contributed by atoms with van der Waals surface area (Å²) in [6, 6.07) is 11.6. The largest absolute Gasteiger partial charge is 0.507 e. The first-order chi connectivity index (χ1) is 18.3. The van der Waals surface area contributed by atoms with E-state index in [1.54, 1.807) is 36.5 Å². The Morgan fingerprint density at radius 2 is 1.92 bits per heavy atom. The number of sulfonamides is 1. The molecule has 0 bridgehead atoms. The van der Waals surface area contributed by atoms with Crippen LogP contribution < -0.4 is 9.47 Å². The number of aromatic nitrogens is 2. The van der Waals surface area contributed by atoms with Gasteiger partial charge in [0, 0.05) is 43.5 Å². The second kappa shape index (κ2) is 9.00. The lowest BCUT2D eigenvalue weighted by atomic mass is 10.0. The van der Waals surface area contributed by atoms with Crippen molar-refractivity contribution >= 4 is 32.9 Å². The van der Waals surface area contributed by atoms with E-state index >= 15 is 0 Å². The first-order valence-electron chi connectivity index (χ1n) is 12.2. The van der Waals surface area contributed by atoms with Gasteiger partial charge >= 0.3 is 0 Å². The Labute approximate surface area is 219 Å². The van der Waals surface area contributed by atoms with Crippen molar-refractivity contribution in [1.82, 2.24) is 13.9 Å². The van der Waals surface area contributed by atoms with E-state index in [1.165, 1.54) is 17.5 Å². The third-order valence-electron chi connectivity index (χ3n) is 7.01. The second-order valence-corrected chi connectivity index (χ2v) is 11.2. The Balaban J connectivity index is 1.50. The minimum Gasteiger partial charge on any atom is -0.507 e. The van der Waals surface area contributed by atoms with E-state index in [0.29, 0.717) is 35.6 Å². The summed E-state index contributed by atoms with van der Waals surface area (Å²) in [6.07, 6.45) is 6.78. The van der Waals surface area contributed by atoms with Crippen molar-refractivity contribution in [2.24, 2.45) is 7.05 Å². The molecule has 1 fully saturated rings. The number of nitrogens with zero attached hydrogens (tertiary/aromatic N) is 3. The van der Waals surface area contributed by atoms with Crippen LogP contribution in [0.4, 0.5) is 0 Å². The summed E-state index contributed by atoms with van der Waals surface area (Å²) in [4.78, 5) is 17.6. The SMILES string of the molecule is COc1ccc(-c2ccnc3c2c(/C=C2\Oc4cccc(O)c4C2=O)cn3C)cc1S(=O)(=O)N1CCCC1. The van der Waals surface area contributed by atoms with Gasteiger partial charge in [0.1, 0.15) is 33.4 Å². The van der Waals surface area contributed by atoms with Crippen LogP contribution in [0, 0.1) is 0 Å². The van der Waals surface area contributed by atoms with Gasteiger partial charge in [-0.1, -0.05) is 12.1 Å². The van der Waals surface area contributed by atoms with Gasteiger partial charge in [0.25, 0.3) is 0 Å². The van der Waals surface area contributed by atoms with Gasteiger partial charge in [-0.05, 0) is 60.4 Å². The number of phenolic OH excluding ortho intramolecular Hbond substituents is 1. The molecule has 0 spiro atoms. The Bertz CT molecular complexity index is 1750. The molecule has 0 atom stereocenters. The minimum atomic E-state index is -3.74. The van der Waals surface area contributed by atoms with E-state index in [9.17, 15) is 18.3 Å². The molecule has 9 nitrogen and oxygen atoms in total. The van der Waals surface area contributed by atoms with Crippen LogP contribution >= 0.6 is 0 Å². The van der Waals surface area contributed by atoms with E-state index in [-0.39, 0.29) is 27.7 Å². The Kier molecular flexibility index (Phi) is 5.73. The molecule has 0 aliphatic carbocycles. The maximum absolute atomic E-state index is 13.5. The summed E-state index contributed by atoms with van der Waals surface area (Å²) in [5.41, 5.74) is 2.86. The lowest BCUT2D eigenvalue weighted by molar-refractivity contribution is 0.101. The zero-order chi connectivity index (χ0) is 26.6. The molecule has 1 N–H and O–H groups in total. The molecule has 1 saturated heterocycles. The van der Waals surface area contributed by atoms with Gasteiger partial charge in [-0.3, -0.25) is 4.79 Å². The standard InChI is InChI=1S/C28H25N3O6S/c1-30-16-18(14-23-27(33)26-20(32)6-5-7-22(26)37-23)25-19(10-11-29-28(25)30)17-8-9-21(36-2)24(15-17)38(34,35)31-12-3-4-13-31/h5-11,14-16,32H,3-4,12-13H2,1-2H3/b23-14-. The molecule has 2 aromatic heterocycles. The van der Waals surface area contributed by atoms with E-state index in [2.05, 4.69) is 4.98 Å². The van der Waals surface area contributed by atoms with Crippen LogP contribution in [0.1, 0.15) is 28.8 Å². The number of carbonyl (C=O) groups is 1. The first kappa shape index (κ1) is 24.2. The lowest BCUT2D eigenvalue weighted by Gasteiger charge is -2.18. The van der Waals surface area contributed by atoms with Crippen molar-refractivity contribution in [3.05, 3.63) is 71.7 Å². The van der Waals surface area contributed by atoms with Crippen LogP contribution in [-0.4, -0.2) is 53.4 Å². The van der Waals surface area contributed by atoms with Crippen molar-refractivity contribution in [2.75, 3.05) is 20.2 Å². The number of fused-ring (bicyclic) bond motifs is 2. The maximum Gasteiger partial charge on any atom is 0.246 e. The number of pyridine rings is 1. The maximum atomic E-state index is 13.5. The van der Waals surface area contributed by atoms with E-state index < -0.39 is 15.8 Å². The summed E-state index contributed by atoms with van der Waals surface area (Å²) in [7, 11) is -0.443. The van der Waals surface area contributed by atoms with Crippen LogP contribution in [0.5, 0.6) is 17.2 Å². The van der Waals surface area contributed by atoms with Crippen molar-refractivity contribution in [3.8, 4) is 28.4 Å². The van der Waals surface area contributed by atoms with Crippen LogP contribution in [0.3, 0.4) is 0 Å². The third-order valence-corrected chi connectivity index (χ3v) is 8.93. The van der Waals surface area contributed by atoms with Gasteiger partial charge in [-0.25, -0.2) is 13.4 Å². The van der Waals surface area contributed by atoms with Gasteiger partial charge in [0.05, 0.1) is 7.11 Å². The zero-order valence-corrected chi connectivity index (χ0v) is 21.7. The second-order valence-electron chi connectivity index (χ2n) is 9.32. The number of aromatic hydroxyl groups is 1. The predicted octanol–water partition coefficient (Wildman–Crippen LogP) is 4.36. The number of ether oxygens (including phenoxy) is 2. The summed E-state index contributed by atoms with van der Waals surface area (Å²) in [5, 5.41) is 10.9.